The van der Waals surface area contributed by atoms with Crippen molar-refractivity contribution in [2.24, 2.45) is 5.73 Å². The van der Waals surface area contributed by atoms with Crippen LogP contribution in [-0.2, 0) is 17.6 Å². The Morgan fingerprint density at radius 3 is 2.88 bits per heavy atom. The number of amides is 1. The Morgan fingerprint density at radius 2 is 2.19 bits per heavy atom. The SMILES string of the molecule is CN1C(=O)Cc2cc(CC3(N)CC3)ccc21. The van der Waals surface area contributed by atoms with Crippen LogP contribution in [0.5, 0.6) is 0 Å². The van der Waals surface area contributed by atoms with Crippen molar-refractivity contribution in [1.82, 2.24) is 0 Å². The molecule has 0 aromatic heterocycles. The summed E-state index contributed by atoms with van der Waals surface area (Å²) in [5.41, 5.74) is 9.61. The van der Waals surface area contributed by atoms with Crippen LogP contribution in [0.4, 0.5) is 5.69 Å². The lowest BCUT2D eigenvalue weighted by Gasteiger charge is -2.12. The van der Waals surface area contributed by atoms with Crippen molar-refractivity contribution in [3.63, 3.8) is 0 Å². The standard InChI is InChI=1S/C13H16N2O/c1-15-11-3-2-9(8-13(14)4-5-13)6-10(11)7-12(15)16/h2-3,6H,4-5,7-8,14H2,1H3. The Morgan fingerprint density at radius 1 is 1.44 bits per heavy atom. The molecule has 1 heterocycles. The van der Waals surface area contributed by atoms with Crippen molar-refractivity contribution < 1.29 is 4.79 Å². The van der Waals surface area contributed by atoms with E-state index in [1.165, 1.54) is 5.56 Å². The van der Waals surface area contributed by atoms with Crippen LogP contribution in [0.25, 0.3) is 0 Å². The third kappa shape index (κ3) is 1.52. The molecule has 2 aliphatic rings. The van der Waals surface area contributed by atoms with Crippen molar-refractivity contribution in [1.29, 1.82) is 0 Å². The number of likely N-dealkylation sites (N-methyl/N-ethyl adjacent to an activating group) is 1. The van der Waals surface area contributed by atoms with Gasteiger partial charge in [-0.15, -0.1) is 0 Å². The minimum Gasteiger partial charge on any atom is -0.325 e. The predicted molar refractivity (Wildman–Crippen MR) is 63.4 cm³/mol. The monoisotopic (exact) mass is 216 g/mol. The highest BCUT2D eigenvalue weighted by atomic mass is 16.2. The Bertz CT molecular complexity index is 463. The number of nitrogens with zero attached hydrogens (tertiary/aromatic N) is 1. The molecule has 1 aliphatic heterocycles. The van der Waals surface area contributed by atoms with Crippen LogP contribution in [0.3, 0.4) is 0 Å². The number of carbonyl (C=O) groups excluding carboxylic acids is 1. The molecule has 1 aliphatic carbocycles. The molecular formula is C13H16N2O. The predicted octanol–water partition coefficient (Wildman–Crippen LogP) is 1.24. The van der Waals surface area contributed by atoms with Crippen LogP contribution >= 0.6 is 0 Å². The molecule has 1 saturated carbocycles. The molecule has 1 amide bonds. The molecule has 3 heteroatoms. The molecule has 1 aromatic rings. The first-order valence-electron chi connectivity index (χ1n) is 5.75. The smallest absolute Gasteiger partial charge is 0.231 e. The van der Waals surface area contributed by atoms with Gasteiger partial charge in [0.1, 0.15) is 0 Å². The van der Waals surface area contributed by atoms with E-state index in [2.05, 4.69) is 12.1 Å². The zero-order valence-electron chi connectivity index (χ0n) is 9.49. The molecule has 1 aromatic carbocycles. The maximum absolute atomic E-state index is 11.5. The zero-order valence-corrected chi connectivity index (χ0v) is 9.49. The average Bonchev–Trinajstić information content (AvgIpc) is 2.88. The third-order valence-electron chi connectivity index (χ3n) is 3.67. The van der Waals surface area contributed by atoms with E-state index in [1.54, 1.807) is 4.90 Å². The van der Waals surface area contributed by atoms with Gasteiger partial charge in [0.2, 0.25) is 5.91 Å². The Hall–Kier alpha value is -1.35. The molecule has 3 nitrogen and oxygen atoms in total. The molecular weight excluding hydrogens is 200 g/mol. The van der Waals surface area contributed by atoms with Gasteiger partial charge in [-0.05, 0) is 36.5 Å². The fourth-order valence-electron chi connectivity index (χ4n) is 2.38. The second-order valence-electron chi connectivity index (χ2n) is 5.13. The van der Waals surface area contributed by atoms with Gasteiger partial charge in [0.15, 0.2) is 0 Å². The Kier molecular flexibility index (Phi) is 1.89. The van der Waals surface area contributed by atoms with Crippen molar-refractivity contribution >= 4 is 11.6 Å². The van der Waals surface area contributed by atoms with E-state index < -0.39 is 0 Å². The van der Waals surface area contributed by atoms with E-state index in [9.17, 15) is 4.79 Å². The molecule has 16 heavy (non-hydrogen) atoms. The molecule has 0 saturated heterocycles. The fourth-order valence-corrected chi connectivity index (χ4v) is 2.38. The number of hydrogen-bond acceptors (Lipinski definition) is 2. The summed E-state index contributed by atoms with van der Waals surface area (Å²) in [5, 5.41) is 0. The van der Waals surface area contributed by atoms with Gasteiger partial charge in [0, 0.05) is 18.3 Å². The zero-order chi connectivity index (χ0) is 11.3. The Balaban J connectivity index is 1.89. The van der Waals surface area contributed by atoms with Crippen molar-refractivity contribution in [2.45, 2.75) is 31.2 Å². The maximum Gasteiger partial charge on any atom is 0.231 e. The van der Waals surface area contributed by atoms with Gasteiger partial charge < -0.3 is 10.6 Å². The van der Waals surface area contributed by atoms with E-state index in [1.807, 2.05) is 13.1 Å². The first-order valence-corrected chi connectivity index (χ1v) is 5.75. The quantitative estimate of drug-likeness (QED) is 0.808. The molecule has 2 N–H and O–H groups in total. The normalized spacial score (nSPS) is 21.1. The van der Waals surface area contributed by atoms with Gasteiger partial charge in [-0.1, -0.05) is 12.1 Å². The topological polar surface area (TPSA) is 46.3 Å². The second-order valence-corrected chi connectivity index (χ2v) is 5.13. The summed E-state index contributed by atoms with van der Waals surface area (Å²) in [6, 6.07) is 6.28. The van der Waals surface area contributed by atoms with Crippen molar-refractivity contribution in [3.05, 3.63) is 29.3 Å². The highest BCUT2D eigenvalue weighted by Crippen LogP contribution is 2.37. The molecule has 0 radical (unpaired) electrons. The number of benzene rings is 1. The summed E-state index contributed by atoms with van der Waals surface area (Å²) in [6.45, 7) is 0. The minimum atomic E-state index is 0.0444. The van der Waals surface area contributed by atoms with Crippen LogP contribution in [0.1, 0.15) is 24.0 Å². The van der Waals surface area contributed by atoms with Gasteiger partial charge in [-0.25, -0.2) is 0 Å². The summed E-state index contributed by atoms with van der Waals surface area (Å²) in [7, 11) is 1.83. The lowest BCUT2D eigenvalue weighted by molar-refractivity contribution is -0.117. The van der Waals surface area contributed by atoms with E-state index >= 15 is 0 Å². The molecule has 1 fully saturated rings. The molecule has 3 rings (SSSR count). The van der Waals surface area contributed by atoms with Crippen LogP contribution in [-0.4, -0.2) is 18.5 Å². The highest BCUT2D eigenvalue weighted by Gasteiger charge is 2.38. The second kappa shape index (κ2) is 3.08. The van der Waals surface area contributed by atoms with Crippen LogP contribution in [0, 0.1) is 0 Å². The molecule has 0 spiro atoms. The first-order chi connectivity index (χ1) is 7.57. The number of fused-ring (bicyclic) bond motifs is 1. The first kappa shape index (κ1) is 9.85. The van der Waals surface area contributed by atoms with Gasteiger partial charge in [0.05, 0.1) is 6.42 Å². The van der Waals surface area contributed by atoms with E-state index in [0.717, 1.165) is 30.5 Å². The average molecular weight is 216 g/mol. The number of nitrogens with two attached hydrogens (primary N) is 1. The Labute approximate surface area is 95.2 Å². The fraction of sp³-hybridized carbons (Fsp3) is 0.462. The molecule has 84 valence electrons. The number of anilines is 1. The van der Waals surface area contributed by atoms with Crippen LogP contribution < -0.4 is 10.6 Å². The van der Waals surface area contributed by atoms with Gasteiger partial charge in [-0.2, -0.15) is 0 Å². The summed E-state index contributed by atoms with van der Waals surface area (Å²) in [5.74, 6) is 0.182. The molecule has 0 atom stereocenters. The largest absolute Gasteiger partial charge is 0.325 e. The molecule has 0 bridgehead atoms. The summed E-state index contributed by atoms with van der Waals surface area (Å²) in [6.07, 6.45) is 3.74. The lowest BCUT2D eigenvalue weighted by atomic mass is 10.0. The highest BCUT2D eigenvalue weighted by molar-refractivity contribution is 6.00. The van der Waals surface area contributed by atoms with Crippen molar-refractivity contribution in [2.75, 3.05) is 11.9 Å². The summed E-state index contributed by atoms with van der Waals surface area (Å²) >= 11 is 0. The molecule has 0 unspecified atom stereocenters. The van der Waals surface area contributed by atoms with Gasteiger partial charge in [-0.3, -0.25) is 4.79 Å². The van der Waals surface area contributed by atoms with E-state index in [0.29, 0.717) is 6.42 Å². The number of carbonyl (C=O) groups is 1. The number of hydrogen-bond donors (Lipinski definition) is 1. The van der Waals surface area contributed by atoms with Gasteiger partial charge >= 0.3 is 0 Å². The van der Waals surface area contributed by atoms with E-state index in [4.69, 9.17) is 5.73 Å². The number of rotatable bonds is 2. The summed E-state index contributed by atoms with van der Waals surface area (Å²) in [4.78, 5) is 13.3. The van der Waals surface area contributed by atoms with Crippen LogP contribution in [0.15, 0.2) is 18.2 Å². The van der Waals surface area contributed by atoms with E-state index in [-0.39, 0.29) is 11.4 Å². The lowest BCUT2D eigenvalue weighted by Crippen LogP contribution is -2.24. The van der Waals surface area contributed by atoms with Crippen LogP contribution in [0.2, 0.25) is 0 Å². The minimum absolute atomic E-state index is 0.0444. The third-order valence-corrected chi connectivity index (χ3v) is 3.67. The summed E-state index contributed by atoms with van der Waals surface area (Å²) < 4.78 is 0. The maximum atomic E-state index is 11.5. The van der Waals surface area contributed by atoms with Crippen molar-refractivity contribution in [3.8, 4) is 0 Å². The van der Waals surface area contributed by atoms with Gasteiger partial charge in [0.25, 0.3) is 0 Å².